The van der Waals surface area contributed by atoms with Crippen LogP contribution in [-0.4, -0.2) is 42.4 Å². The van der Waals surface area contributed by atoms with Gasteiger partial charge in [0.2, 0.25) is 0 Å². The van der Waals surface area contributed by atoms with Crippen LogP contribution in [0.5, 0.6) is 0 Å². The summed E-state index contributed by atoms with van der Waals surface area (Å²) in [5.41, 5.74) is 0. The van der Waals surface area contributed by atoms with Gasteiger partial charge in [-0.1, -0.05) is 0 Å². The second-order valence-electron chi connectivity index (χ2n) is 4.14. The Labute approximate surface area is 85.2 Å². The van der Waals surface area contributed by atoms with Crippen LogP contribution in [0.15, 0.2) is 0 Å². The third kappa shape index (κ3) is 3.18. The highest BCUT2D eigenvalue weighted by atomic mass is 16.6. The molecular formula is C10H19NO3. The number of hydrogen-bond acceptors (Lipinski definition) is 3. The highest BCUT2D eigenvalue weighted by Crippen LogP contribution is 2.15. The molecule has 0 spiro atoms. The highest BCUT2D eigenvalue weighted by molar-refractivity contribution is 5.68. The van der Waals surface area contributed by atoms with E-state index in [0.29, 0.717) is 13.1 Å². The molecule has 0 atom stereocenters. The molecule has 1 aliphatic rings. The molecule has 1 fully saturated rings. The van der Waals surface area contributed by atoms with Crippen molar-refractivity contribution < 1.29 is 14.3 Å². The zero-order chi connectivity index (χ0) is 10.7. The molecule has 0 saturated carbocycles. The van der Waals surface area contributed by atoms with Gasteiger partial charge >= 0.3 is 6.09 Å². The number of ether oxygens (including phenoxy) is 2. The first-order valence-electron chi connectivity index (χ1n) is 5.10. The Hall–Kier alpha value is -0.770. The zero-order valence-corrected chi connectivity index (χ0v) is 9.32. The summed E-state index contributed by atoms with van der Waals surface area (Å²) < 4.78 is 10.6. The van der Waals surface area contributed by atoms with E-state index >= 15 is 0 Å². The molecular weight excluding hydrogens is 182 g/mol. The average Bonchev–Trinajstić information content (AvgIpc) is 1.93. The van der Waals surface area contributed by atoms with Crippen LogP contribution in [-0.2, 0) is 9.47 Å². The summed E-state index contributed by atoms with van der Waals surface area (Å²) in [4.78, 5) is 13.0. The lowest BCUT2D eigenvalue weighted by Gasteiger charge is -2.39. The van der Waals surface area contributed by atoms with Crippen molar-refractivity contribution in [3.63, 3.8) is 0 Å². The Morgan fingerprint density at radius 1 is 1.21 bits per heavy atom. The van der Waals surface area contributed by atoms with Gasteiger partial charge in [-0.2, -0.15) is 0 Å². The molecule has 0 aromatic carbocycles. The van der Waals surface area contributed by atoms with Gasteiger partial charge in [-0.25, -0.2) is 4.79 Å². The molecule has 82 valence electrons. The normalized spacial score (nSPS) is 17.4. The van der Waals surface area contributed by atoms with Crippen molar-refractivity contribution in [3.05, 3.63) is 0 Å². The zero-order valence-electron chi connectivity index (χ0n) is 9.32. The summed E-state index contributed by atoms with van der Waals surface area (Å²) in [5, 5.41) is 0. The minimum absolute atomic E-state index is 0.0485. The lowest BCUT2D eigenvalue weighted by molar-refractivity contribution is -0.0769. The summed E-state index contributed by atoms with van der Waals surface area (Å²) >= 11 is 0. The van der Waals surface area contributed by atoms with Gasteiger partial charge in [0.15, 0.2) is 0 Å². The van der Waals surface area contributed by atoms with Crippen LogP contribution in [0, 0.1) is 0 Å². The van der Waals surface area contributed by atoms with E-state index in [2.05, 4.69) is 0 Å². The maximum absolute atomic E-state index is 11.3. The first-order valence-corrected chi connectivity index (χ1v) is 5.10. The first kappa shape index (κ1) is 11.3. The topological polar surface area (TPSA) is 38.8 Å². The van der Waals surface area contributed by atoms with Crippen LogP contribution < -0.4 is 0 Å². The fraction of sp³-hybridized carbons (Fsp3) is 0.900. The predicted molar refractivity (Wildman–Crippen MR) is 53.2 cm³/mol. The van der Waals surface area contributed by atoms with Crippen molar-refractivity contribution in [1.29, 1.82) is 0 Å². The standard InChI is InChI=1S/C10H19NO3/c1-7(2)13-9-5-11(6-9)10(12)14-8(3)4/h7-9H,5-6H2,1-4H3. The number of likely N-dealkylation sites (tertiary alicyclic amines) is 1. The van der Waals surface area contributed by atoms with Gasteiger partial charge in [-0.3, -0.25) is 0 Å². The van der Waals surface area contributed by atoms with Crippen LogP contribution in [0.2, 0.25) is 0 Å². The minimum Gasteiger partial charge on any atom is -0.447 e. The van der Waals surface area contributed by atoms with Crippen molar-refractivity contribution in [2.24, 2.45) is 0 Å². The van der Waals surface area contributed by atoms with Crippen molar-refractivity contribution in [1.82, 2.24) is 4.90 Å². The Balaban J connectivity index is 2.17. The van der Waals surface area contributed by atoms with Crippen LogP contribution >= 0.6 is 0 Å². The van der Waals surface area contributed by atoms with Crippen LogP contribution in [0.4, 0.5) is 4.79 Å². The molecule has 1 saturated heterocycles. The molecule has 1 rings (SSSR count). The van der Waals surface area contributed by atoms with Crippen molar-refractivity contribution >= 4 is 6.09 Å². The van der Waals surface area contributed by atoms with E-state index in [1.165, 1.54) is 0 Å². The quantitative estimate of drug-likeness (QED) is 0.696. The summed E-state index contributed by atoms with van der Waals surface area (Å²) in [7, 11) is 0. The van der Waals surface area contributed by atoms with E-state index < -0.39 is 0 Å². The fourth-order valence-corrected chi connectivity index (χ4v) is 1.33. The molecule has 0 aromatic heterocycles. The van der Waals surface area contributed by atoms with Crippen molar-refractivity contribution in [3.8, 4) is 0 Å². The highest BCUT2D eigenvalue weighted by Gasteiger charge is 2.33. The van der Waals surface area contributed by atoms with E-state index in [-0.39, 0.29) is 24.4 Å². The predicted octanol–water partition coefficient (Wildman–Crippen LogP) is 1.64. The second-order valence-corrected chi connectivity index (χ2v) is 4.14. The van der Waals surface area contributed by atoms with E-state index in [4.69, 9.17) is 9.47 Å². The van der Waals surface area contributed by atoms with Crippen molar-refractivity contribution in [2.45, 2.75) is 46.0 Å². The number of nitrogens with zero attached hydrogens (tertiary/aromatic N) is 1. The molecule has 14 heavy (non-hydrogen) atoms. The minimum atomic E-state index is -0.233. The van der Waals surface area contributed by atoms with Gasteiger partial charge in [0.25, 0.3) is 0 Å². The monoisotopic (exact) mass is 201 g/mol. The molecule has 0 radical (unpaired) electrons. The molecule has 1 heterocycles. The molecule has 0 aliphatic carbocycles. The molecule has 0 bridgehead atoms. The maximum Gasteiger partial charge on any atom is 0.410 e. The number of rotatable bonds is 3. The van der Waals surface area contributed by atoms with E-state index in [9.17, 15) is 4.79 Å². The van der Waals surface area contributed by atoms with Gasteiger partial charge < -0.3 is 14.4 Å². The molecule has 4 heteroatoms. The Bertz CT molecular complexity index is 198. The van der Waals surface area contributed by atoms with Gasteiger partial charge in [0.05, 0.1) is 31.4 Å². The van der Waals surface area contributed by atoms with Crippen LogP contribution in [0.1, 0.15) is 27.7 Å². The number of carbonyl (C=O) groups is 1. The van der Waals surface area contributed by atoms with E-state index in [0.717, 1.165) is 0 Å². The second kappa shape index (κ2) is 4.64. The lowest BCUT2D eigenvalue weighted by Crippen LogP contribution is -2.55. The molecule has 1 aliphatic heterocycles. The van der Waals surface area contributed by atoms with Gasteiger partial charge in [-0.15, -0.1) is 0 Å². The number of amides is 1. The summed E-state index contributed by atoms with van der Waals surface area (Å²) in [6.45, 7) is 9.00. The molecule has 4 nitrogen and oxygen atoms in total. The lowest BCUT2D eigenvalue weighted by atomic mass is 10.2. The Morgan fingerprint density at radius 3 is 2.21 bits per heavy atom. The smallest absolute Gasteiger partial charge is 0.410 e. The third-order valence-corrected chi connectivity index (χ3v) is 1.91. The Kier molecular flexibility index (Phi) is 3.75. The largest absolute Gasteiger partial charge is 0.447 e. The summed E-state index contributed by atoms with van der Waals surface area (Å²) in [5.74, 6) is 0. The van der Waals surface area contributed by atoms with Gasteiger partial charge in [0.1, 0.15) is 0 Å². The van der Waals surface area contributed by atoms with E-state index in [1.807, 2.05) is 27.7 Å². The number of hydrogen-bond donors (Lipinski definition) is 0. The van der Waals surface area contributed by atoms with Gasteiger partial charge in [-0.05, 0) is 27.7 Å². The maximum atomic E-state index is 11.3. The Morgan fingerprint density at radius 2 is 1.79 bits per heavy atom. The first-order chi connectivity index (χ1) is 6.49. The van der Waals surface area contributed by atoms with Crippen LogP contribution in [0.25, 0.3) is 0 Å². The fourth-order valence-electron chi connectivity index (χ4n) is 1.33. The van der Waals surface area contributed by atoms with Crippen LogP contribution in [0.3, 0.4) is 0 Å². The molecule has 0 N–H and O–H groups in total. The molecule has 0 aromatic rings. The summed E-state index contributed by atoms with van der Waals surface area (Å²) in [6, 6.07) is 0. The molecule has 0 unspecified atom stereocenters. The SMILES string of the molecule is CC(C)OC(=O)N1CC(OC(C)C)C1. The summed E-state index contributed by atoms with van der Waals surface area (Å²) in [6.07, 6.45) is 0.133. The molecule has 1 amide bonds. The number of carbonyl (C=O) groups excluding carboxylic acids is 1. The van der Waals surface area contributed by atoms with Crippen molar-refractivity contribution in [2.75, 3.05) is 13.1 Å². The van der Waals surface area contributed by atoms with Gasteiger partial charge in [0, 0.05) is 0 Å². The average molecular weight is 201 g/mol. The third-order valence-electron chi connectivity index (χ3n) is 1.91. The van der Waals surface area contributed by atoms with E-state index in [1.54, 1.807) is 4.90 Å².